The molecule has 0 aliphatic carbocycles. The Hall–Kier alpha value is -0.936. The van der Waals surface area contributed by atoms with E-state index >= 15 is 0 Å². The molecule has 0 bridgehead atoms. The second kappa shape index (κ2) is 28.9. The van der Waals surface area contributed by atoms with Crippen LogP contribution in [0.25, 0.3) is 0 Å². The van der Waals surface area contributed by atoms with Gasteiger partial charge in [0.05, 0.1) is 6.61 Å². The fourth-order valence-corrected chi connectivity index (χ4v) is 1.32. The first-order valence-corrected chi connectivity index (χ1v) is 7.32. The first-order chi connectivity index (χ1) is 10.9. The summed E-state index contributed by atoms with van der Waals surface area (Å²) in [6.07, 6.45) is 0. The largest absolute Gasteiger partial charge is 0.491 e. The fourth-order valence-electron chi connectivity index (χ4n) is 1.32. The van der Waals surface area contributed by atoms with Crippen molar-refractivity contribution in [2.75, 3.05) is 27.1 Å². The van der Waals surface area contributed by atoms with Gasteiger partial charge in [-0.1, -0.05) is 65.1 Å². The van der Waals surface area contributed by atoms with Gasteiger partial charge in [0.2, 0.25) is 0 Å². The maximum atomic E-state index is 8.40. The Kier molecular flexibility index (Phi) is 40.0. The zero-order valence-corrected chi connectivity index (χ0v) is 18.0. The molecule has 5 heteroatoms. The van der Waals surface area contributed by atoms with Gasteiger partial charge in [0.15, 0.2) is 6.79 Å². The third kappa shape index (κ3) is 21.1. The number of hydrogen-bond acceptors (Lipinski definition) is 4. The van der Waals surface area contributed by atoms with Crippen molar-refractivity contribution in [2.24, 2.45) is 0 Å². The number of rotatable bonds is 6. The van der Waals surface area contributed by atoms with E-state index in [9.17, 15) is 0 Å². The van der Waals surface area contributed by atoms with Gasteiger partial charge >= 0.3 is 0 Å². The Balaban J connectivity index is -0.0000000904. The molecule has 0 saturated heterocycles. The minimum absolute atomic E-state index is 0. The average Bonchev–Trinajstić information content (AvgIpc) is 2.62. The Morgan fingerprint density at radius 1 is 0.769 bits per heavy atom. The van der Waals surface area contributed by atoms with Gasteiger partial charge in [-0.2, -0.15) is 0 Å². The van der Waals surface area contributed by atoms with E-state index in [1.807, 2.05) is 74.5 Å². The maximum Gasteiger partial charge on any atom is 0.188 e. The van der Waals surface area contributed by atoms with Crippen molar-refractivity contribution in [3.05, 3.63) is 68.1 Å². The number of benzene rings is 2. The summed E-state index contributed by atoms with van der Waals surface area (Å²) in [6.45, 7) is 4.74. The number of ether oxygens (including phenoxy) is 3. The second-order valence-electron chi connectivity index (χ2n) is 3.75. The molecule has 1 N–H and O–H groups in total. The predicted octanol–water partition coefficient (Wildman–Crippen LogP) is 5.47. The predicted molar refractivity (Wildman–Crippen MR) is 109 cm³/mol. The van der Waals surface area contributed by atoms with Crippen LogP contribution in [0.3, 0.4) is 0 Å². The van der Waals surface area contributed by atoms with Gasteiger partial charge in [-0.3, -0.25) is 0 Å². The van der Waals surface area contributed by atoms with Crippen molar-refractivity contribution in [1.82, 2.24) is 0 Å². The molecule has 149 valence electrons. The third-order valence-corrected chi connectivity index (χ3v) is 2.19. The molecule has 0 unspecified atom stereocenters. The minimum atomic E-state index is 0. The first-order valence-electron chi connectivity index (χ1n) is 7.32. The molecule has 1 radical (unpaired) electrons. The van der Waals surface area contributed by atoms with Crippen molar-refractivity contribution in [1.29, 1.82) is 0 Å². The third-order valence-electron chi connectivity index (χ3n) is 2.19. The van der Waals surface area contributed by atoms with Crippen molar-refractivity contribution >= 4 is 0 Å². The van der Waals surface area contributed by atoms with Gasteiger partial charge in [-0.15, -0.1) is 0 Å². The normalized spacial score (nSPS) is 7.38. The van der Waals surface area contributed by atoms with Crippen molar-refractivity contribution in [3.63, 3.8) is 0 Å². The molecule has 2 aromatic carbocycles. The number of aliphatic hydroxyl groups is 1. The quantitative estimate of drug-likeness (QED) is 0.476. The average molecular weight is 442 g/mol. The second-order valence-corrected chi connectivity index (χ2v) is 3.75. The van der Waals surface area contributed by atoms with Gasteiger partial charge < -0.3 is 26.7 Å². The summed E-state index contributed by atoms with van der Waals surface area (Å²) in [6, 6.07) is 19.0. The SMILES string of the molecule is C.C.CC.COCOc1ccccc1.OCCOc1ccccc1.[CH3-].[Y]. The fraction of sp³-hybridized carbons (Fsp3) is 0.381. The van der Waals surface area contributed by atoms with Crippen LogP contribution in [0.1, 0.15) is 28.7 Å². The Morgan fingerprint density at radius 3 is 1.50 bits per heavy atom. The van der Waals surface area contributed by atoms with E-state index in [0.717, 1.165) is 11.5 Å². The summed E-state index contributed by atoms with van der Waals surface area (Å²) in [5.41, 5.74) is 0. The van der Waals surface area contributed by atoms with Crippen LogP contribution in [-0.2, 0) is 37.4 Å². The van der Waals surface area contributed by atoms with Crippen molar-refractivity contribution in [2.45, 2.75) is 28.7 Å². The summed E-state index contributed by atoms with van der Waals surface area (Å²) in [5.74, 6) is 1.64. The van der Waals surface area contributed by atoms with Crippen molar-refractivity contribution < 1.29 is 52.0 Å². The molecule has 0 atom stereocenters. The molecule has 0 amide bonds. The zero-order chi connectivity index (χ0) is 16.5. The smallest absolute Gasteiger partial charge is 0.188 e. The van der Waals surface area contributed by atoms with Crippen LogP contribution in [0.4, 0.5) is 0 Å². The molecular formula is C21H37O4Y-. The van der Waals surface area contributed by atoms with E-state index in [0.29, 0.717) is 13.4 Å². The van der Waals surface area contributed by atoms with Crippen LogP contribution in [0, 0.1) is 7.43 Å². The zero-order valence-electron chi connectivity index (χ0n) is 15.1. The van der Waals surface area contributed by atoms with Gasteiger partial charge in [0, 0.05) is 39.8 Å². The summed E-state index contributed by atoms with van der Waals surface area (Å²) >= 11 is 0. The molecule has 0 aliphatic heterocycles. The number of methoxy groups -OCH3 is 1. The summed E-state index contributed by atoms with van der Waals surface area (Å²) in [7, 11) is 1.60. The van der Waals surface area contributed by atoms with Crippen LogP contribution >= 0.6 is 0 Å². The summed E-state index contributed by atoms with van der Waals surface area (Å²) in [5, 5.41) is 8.40. The van der Waals surface area contributed by atoms with Crippen LogP contribution in [0.15, 0.2) is 60.7 Å². The minimum Gasteiger partial charge on any atom is -0.491 e. The molecule has 2 rings (SSSR count). The topological polar surface area (TPSA) is 47.9 Å². The van der Waals surface area contributed by atoms with Crippen LogP contribution in [0.2, 0.25) is 0 Å². The van der Waals surface area contributed by atoms with E-state index in [4.69, 9.17) is 19.3 Å². The van der Waals surface area contributed by atoms with Gasteiger partial charge in [-0.25, -0.2) is 0 Å². The molecule has 0 aliphatic rings. The number of para-hydroxylation sites is 2. The Bertz CT molecular complexity index is 395. The van der Waals surface area contributed by atoms with Gasteiger partial charge in [-0.05, 0) is 24.3 Å². The molecule has 0 heterocycles. The van der Waals surface area contributed by atoms with E-state index in [2.05, 4.69) is 0 Å². The first kappa shape index (κ1) is 36.1. The summed E-state index contributed by atoms with van der Waals surface area (Å²) in [4.78, 5) is 0. The van der Waals surface area contributed by atoms with Gasteiger partial charge in [0.1, 0.15) is 18.1 Å². The number of hydrogen-bond donors (Lipinski definition) is 1. The van der Waals surface area contributed by atoms with Gasteiger partial charge in [0.25, 0.3) is 0 Å². The molecule has 0 saturated carbocycles. The Labute approximate surface area is 186 Å². The van der Waals surface area contributed by atoms with Crippen LogP contribution < -0.4 is 9.47 Å². The van der Waals surface area contributed by atoms with Crippen LogP contribution in [-0.4, -0.2) is 32.2 Å². The van der Waals surface area contributed by atoms with E-state index in [-0.39, 0.29) is 61.6 Å². The van der Waals surface area contributed by atoms with Crippen LogP contribution in [0.5, 0.6) is 11.5 Å². The molecule has 0 aromatic heterocycles. The maximum absolute atomic E-state index is 8.40. The molecule has 4 nitrogen and oxygen atoms in total. The van der Waals surface area contributed by atoms with E-state index < -0.39 is 0 Å². The van der Waals surface area contributed by atoms with E-state index in [1.54, 1.807) is 7.11 Å². The standard InChI is InChI=1S/2C8H10O2.C2H6.2CH4.CH3.Y/c1-9-7-10-8-5-3-2-4-6-8;9-6-7-10-8-4-2-1-3-5-8;1-2;;;;/h2-6H,7H2,1H3;1-5,9H,6-7H2;1-2H3;2*1H4;1H3;/q;;;;;-1;. The monoisotopic (exact) mass is 442 g/mol. The molecule has 0 fully saturated rings. The molecule has 0 spiro atoms. The van der Waals surface area contributed by atoms with E-state index in [1.165, 1.54) is 0 Å². The Morgan fingerprint density at radius 2 is 1.15 bits per heavy atom. The van der Waals surface area contributed by atoms with Crippen molar-refractivity contribution in [3.8, 4) is 11.5 Å². The molecular weight excluding hydrogens is 405 g/mol. The molecule has 26 heavy (non-hydrogen) atoms. The summed E-state index contributed by atoms with van der Waals surface area (Å²) < 4.78 is 15.0. The number of aliphatic hydroxyl groups excluding tert-OH is 1. The molecule has 2 aromatic rings.